The number of carbonyl (C=O) groups is 1. The number of nitrogens with one attached hydrogen (secondary N) is 1. The molecule has 0 aliphatic carbocycles. The number of nitrogens with two attached hydrogens (primary N) is 1. The Bertz CT molecular complexity index is 527. The van der Waals surface area contributed by atoms with Crippen molar-refractivity contribution in [3.05, 3.63) is 28.8 Å². The summed E-state index contributed by atoms with van der Waals surface area (Å²) in [6.07, 6.45) is 0. The van der Waals surface area contributed by atoms with E-state index in [1.165, 1.54) is 0 Å². The van der Waals surface area contributed by atoms with Crippen LogP contribution in [0.5, 0.6) is 5.75 Å². The minimum atomic E-state index is -0.202. The van der Waals surface area contributed by atoms with E-state index in [0.29, 0.717) is 42.6 Å². The summed E-state index contributed by atoms with van der Waals surface area (Å²) in [4.78, 5) is 14.7. The zero-order chi connectivity index (χ0) is 16.7. The zero-order valence-corrected chi connectivity index (χ0v) is 14.1. The molecule has 1 unspecified atom stereocenters. The summed E-state index contributed by atoms with van der Waals surface area (Å²) in [6.45, 7) is 4.47. The van der Waals surface area contributed by atoms with E-state index in [9.17, 15) is 4.79 Å². The number of amides is 1. The molecule has 2 rings (SSSR count). The van der Waals surface area contributed by atoms with Crippen LogP contribution in [0.15, 0.2) is 18.2 Å². The van der Waals surface area contributed by atoms with Gasteiger partial charge in [-0.15, -0.1) is 0 Å². The van der Waals surface area contributed by atoms with Gasteiger partial charge < -0.3 is 25.4 Å². The van der Waals surface area contributed by atoms with Crippen molar-refractivity contribution in [3.8, 4) is 5.75 Å². The highest BCUT2D eigenvalue weighted by atomic mass is 35.5. The molecule has 1 aliphatic heterocycles. The molecule has 1 saturated heterocycles. The Balaban J connectivity index is 1.97. The van der Waals surface area contributed by atoms with Crippen molar-refractivity contribution in [2.24, 2.45) is 11.7 Å². The average molecular weight is 342 g/mol. The van der Waals surface area contributed by atoms with Crippen molar-refractivity contribution in [2.45, 2.75) is 0 Å². The maximum absolute atomic E-state index is 12.5. The van der Waals surface area contributed by atoms with Crippen LogP contribution in [0.2, 0.25) is 5.02 Å². The molecule has 1 aromatic carbocycles. The molecule has 0 spiro atoms. The highest BCUT2D eigenvalue weighted by Gasteiger charge is 2.19. The second-order valence-electron chi connectivity index (χ2n) is 5.69. The van der Waals surface area contributed by atoms with Crippen molar-refractivity contribution in [1.29, 1.82) is 0 Å². The number of likely N-dealkylation sites (N-methyl/N-ethyl adjacent to an activating group) is 1. The second kappa shape index (κ2) is 9.08. The summed E-state index contributed by atoms with van der Waals surface area (Å²) in [5.74, 6) is 0.553. The average Bonchev–Trinajstić information content (AvgIpc) is 2.75. The van der Waals surface area contributed by atoms with Gasteiger partial charge in [-0.05, 0) is 25.2 Å². The number of hydrogen-bond acceptors (Lipinski definition) is 5. The first-order valence-corrected chi connectivity index (χ1v) is 8.15. The van der Waals surface area contributed by atoms with Gasteiger partial charge in [-0.3, -0.25) is 4.79 Å². The van der Waals surface area contributed by atoms with E-state index in [1.54, 1.807) is 18.2 Å². The third-order valence-electron chi connectivity index (χ3n) is 3.65. The minimum Gasteiger partial charge on any atom is -0.491 e. The SMILES string of the molecule is CN1CCOCC(CNC(=O)c2cc(Cl)ccc2OCCN)C1. The van der Waals surface area contributed by atoms with Gasteiger partial charge >= 0.3 is 0 Å². The molecule has 0 saturated carbocycles. The van der Waals surface area contributed by atoms with E-state index < -0.39 is 0 Å². The van der Waals surface area contributed by atoms with Crippen LogP contribution in [0.3, 0.4) is 0 Å². The predicted molar refractivity (Wildman–Crippen MR) is 90.1 cm³/mol. The number of rotatable bonds is 6. The highest BCUT2D eigenvalue weighted by molar-refractivity contribution is 6.31. The van der Waals surface area contributed by atoms with Crippen LogP contribution in [-0.4, -0.2) is 63.9 Å². The number of hydrogen-bond donors (Lipinski definition) is 2. The quantitative estimate of drug-likeness (QED) is 0.806. The number of halogens is 1. The van der Waals surface area contributed by atoms with Crippen molar-refractivity contribution < 1.29 is 14.3 Å². The normalized spacial score (nSPS) is 19.2. The number of benzene rings is 1. The van der Waals surface area contributed by atoms with E-state index in [4.69, 9.17) is 26.8 Å². The van der Waals surface area contributed by atoms with Crippen molar-refractivity contribution in [3.63, 3.8) is 0 Å². The first kappa shape index (κ1) is 18.0. The van der Waals surface area contributed by atoms with Crippen molar-refractivity contribution >= 4 is 17.5 Å². The third kappa shape index (κ3) is 5.66. The first-order chi connectivity index (χ1) is 11.1. The fourth-order valence-electron chi connectivity index (χ4n) is 2.49. The number of nitrogens with zero attached hydrogens (tertiary/aromatic N) is 1. The Morgan fingerprint density at radius 3 is 3.17 bits per heavy atom. The largest absolute Gasteiger partial charge is 0.491 e. The molecule has 0 aromatic heterocycles. The third-order valence-corrected chi connectivity index (χ3v) is 3.89. The molecule has 3 N–H and O–H groups in total. The molecule has 1 aromatic rings. The predicted octanol–water partition coefficient (Wildman–Crippen LogP) is 0.986. The van der Waals surface area contributed by atoms with Gasteiger partial charge in [-0.2, -0.15) is 0 Å². The Morgan fingerprint density at radius 1 is 1.57 bits per heavy atom. The van der Waals surface area contributed by atoms with Gasteiger partial charge in [0, 0.05) is 37.1 Å². The second-order valence-corrected chi connectivity index (χ2v) is 6.13. The lowest BCUT2D eigenvalue weighted by Gasteiger charge is -2.19. The Labute approximate surface area is 141 Å². The van der Waals surface area contributed by atoms with E-state index in [0.717, 1.165) is 19.7 Å². The van der Waals surface area contributed by atoms with Gasteiger partial charge in [-0.1, -0.05) is 11.6 Å². The molecular formula is C16H24ClN3O3. The Hall–Kier alpha value is -1.34. The summed E-state index contributed by atoms with van der Waals surface area (Å²) in [7, 11) is 2.05. The van der Waals surface area contributed by atoms with Crippen LogP contribution in [-0.2, 0) is 4.74 Å². The van der Waals surface area contributed by atoms with Gasteiger partial charge in [0.2, 0.25) is 0 Å². The van der Waals surface area contributed by atoms with Crippen LogP contribution in [0.4, 0.5) is 0 Å². The standard InChI is InChI=1S/C16H24ClN3O3/c1-20-5-7-22-11-12(10-20)9-19-16(21)14-8-13(17)2-3-15(14)23-6-4-18/h2-3,8,12H,4-7,9-11,18H2,1H3,(H,19,21). The molecule has 1 atom stereocenters. The molecule has 128 valence electrons. The summed E-state index contributed by atoms with van der Waals surface area (Å²) in [5, 5.41) is 3.44. The number of carbonyl (C=O) groups excluding carboxylic acids is 1. The topological polar surface area (TPSA) is 76.8 Å². The maximum atomic E-state index is 12.5. The lowest BCUT2D eigenvalue weighted by atomic mass is 10.1. The molecule has 0 radical (unpaired) electrons. The number of ether oxygens (including phenoxy) is 2. The minimum absolute atomic E-state index is 0.202. The van der Waals surface area contributed by atoms with E-state index in [-0.39, 0.29) is 11.8 Å². The molecule has 1 heterocycles. The summed E-state index contributed by atoms with van der Waals surface area (Å²) in [5.41, 5.74) is 5.87. The molecular weight excluding hydrogens is 318 g/mol. The van der Waals surface area contributed by atoms with E-state index in [2.05, 4.69) is 17.3 Å². The highest BCUT2D eigenvalue weighted by Crippen LogP contribution is 2.23. The van der Waals surface area contributed by atoms with Gasteiger partial charge in [-0.25, -0.2) is 0 Å². The van der Waals surface area contributed by atoms with Gasteiger partial charge in [0.15, 0.2) is 0 Å². The molecule has 0 bridgehead atoms. The van der Waals surface area contributed by atoms with Gasteiger partial charge in [0.05, 0.1) is 18.8 Å². The summed E-state index contributed by atoms with van der Waals surface area (Å²) >= 11 is 6.00. The van der Waals surface area contributed by atoms with E-state index in [1.807, 2.05) is 0 Å². The van der Waals surface area contributed by atoms with E-state index >= 15 is 0 Å². The summed E-state index contributed by atoms with van der Waals surface area (Å²) < 4.78 is 11.1. The molecule has 1 aliphatic rings. The molecule has 23 heavy (non-hydrogen) atoms. The zero-order valence-electron chi connectivity index (χ0n) is 13.4. The van der Waals surface area contributed by atoms with Crippen LogP contribution in [0.1, 0.15) is 10.4 Å². The molecule has 1 fully saturated rings. The Morgan fingerprint density at radius 2 is 2.39 bits per heavy atom. The molecule has 6 nitrogen and oxygen atoms in total. The summed E-state index contributed by atoms with van der Waals surface area (Å²) in [6, 6.07) is 4.99. The van der Waals surface area contributed by atoms with Gasteiger partial charge in [0.1, 0.15) is 12.4 Å². The first-order valence-electron chi connectivity index (χ1n) is 7.77. The Kier molecular flexibility index (Phi) is 7.11. The molecule has 7 heteroatoms. The van der Waals surface area contributed by atoms with Crippen molar-refractivity contribution in [1.82, 2.24) is 10.2 Å². The fourth-order valence-corrected chi connectivity index (χ4v) is 2.66. The van der Waals surface area contributed by atoms with Gasteiger partial charge in [0.25, 0.3) is 5.91 Å². The smallest absolute Gasteiger partial charge is 0.255 e. The van der Waals surface area contributed by atoms with Crippen LogP contribution >= 0.6 is 11.6 Å². The fraction of sp³-hybridized carbons (Fsp3) is 0.562. The van der Waals surface area contributed by atoms with Crippen molar-refractivity contribution in [2.75, 3.05) is 53.0 Å². The maximum Gasteiger partial charge on any atom is 0.255 e. The monoisotopic (exact) mass is 341 g/mol. The lowest BCUT2D eigenvalue weighted by Crippen LogP contribution is -2.36. The van der Waals surface area contributed by atoms with Crippen LogP contribution < -0.4 is 15.8 Å². The van der Waals surface area contributed by atoms with Crippen LogP contribution in [0, 0.1) is 5.92 Å². The van der Waals surface area contributed by atoms with Crippen LogP contribution in [0.25, 0.3) is 0 Å². The molecule has 1 amide bonds. The lowest BCUT2D eigenvalue weighted by molar-refractivity contribution is 0.0917.